The fraction of sp³-hybridized carbons (Fsp3) is 0.231. The Balaban J connectivity index is 2.32. The van der Waals surface area contributed by atoms with Crippen LogP contribution in [-0.4, -0.2) is 15.7 Å². The molecule has 0 amide bonds. The Morgan fingerprint density at radius 3 is 2.94 bits per heavy atom. The van der Waals surface area contributed by atoms with Crippen molar-refractivity contribution in [3.63, 3.8) is 0 Å². The fourth-order valence-electron chi connectivity index (χ4n) is 2.06. The molecule has 0 radical (unpaired) electrons. The molecule has 2 heterocycles. The molecule has 4 heteroatoms. The normalized spacial score (nSPS) is 13.8. The van der Waals surface area contributed by atoms with Gasteiger partial charge in [-0.25, -0.2) is 9.97 Å². The average Bonchev–Trinajstić information content (AvgIpc) is 2.49. The third-order valence-corrected chi connectivity index (χ3v) is 4.21. The van der Waals surface area contributed by atoms with E-state index in [1.165, 1.54) is 10.5 Å². The van der Waals surface area contributed by atoms with E-state index < -0.39 is 0 Å². The molecule has 1 aliphatic rings. The minimum atomic E-state index is 0.602. The van der Waals surface area contributed by atoms with Gasteiger partial charge >= 0.3 is 0 Å². The lowest BCUT2D eigenvalue weighted by Gasteiger charge is -2.09. The molecule has 17 heavy (non-hydrogen) atoms. The highest BCUT2D eigenvalue weighted by Crippen LogP contribution is 2.38. The second-order valence-electron chi connectivity index (χ2n) is 3.98. The van der Waals surface area contributed by atoms with Gasteiger partial charge in [0.15, 0.2) is 0 Å². The van der Waals surface area contributed by atoms with Crippen molar-refractivity contribution in [3.8, 4) is 11.3 Å². The molecule has 0 spiro atoms. The fourth-order valence-corrected chi connectivity index (χ4v) is 3.38. The molecule has 0 bridgehead atoms. The van der Waals surface area contributed by atoms with E-state index in [4.69, 9.17) is 11.6 Å². The molecule has 0 N–H and O–H groups in total. The zero-order chi connectivity index (χ0) is 11.8. The Labute approximate surface area is 109 Å². The Hall–Kier alpha value is -1.06. The van der Waals surface area contributed by atoms with Crippen molar-refractivity contribution in [1.82, 2.24) is 9.97 Å². The van der Waals surface area contributed by atoms with Crippen LogP contribution < -0.4 is 0 Å². The van der Waals surface area contributed by atoms with E-state index in [0.717, 1.165) is 29.3 Å². The van der Waals surface area contributed by atoms with Gasteiger partial charge in [-0.05, 0) is 19.4 Å². The number of thioether (sulfide) groups is 1. The highest BCUT2D eigenvalue weighted by molar-refractivity contribution is 7.99. The summed E-state index contributed by atoms with van der Waals surface area (Å²) in [6.07, 6.45) is 0.924. The maximum Gasteiger partial charge on any atom is 0.136 e. The maximum absolute atomic E-state index is 6.23. The lowest BCUT2D eigenvalue weighted by Crippen LogP contribution is -2.00. The van der Waals surface area contributed by atoms with Crippen LogP contribution in [-0.2, 0) is 6.42 Å². The quantitative estimate of drug-likeness (QED) is 0.676. The molecule has 86 valence electrons. The lowest BCUT2D eigenvalue weighted by atomic mass is 10.1. The number of benzene rings is 1. The molecular weight excluding hydrogens is 252 g/mol. The summed E-state index contributed by atoms with van der Waals surface area (Å²) in [4.78, 5) is 10.1. The van der Waals surface area contributed by atoms with Gasteiger partial charge in [0.1, 0.15) is 11.0 Å². The molecule has 2 aromatic rings. The molecule has 1 aromatic heterocycles. The Kier molecular flexibility index (Phi) is 2.81. The van der Waals surface area contributed by atoms with Gasteiger partial charge in [0, 0.05) is 21.8 Å². The second kappa shape index (κ2) is 4.31. The third kappa shape index (κ3) is 1.94. The van der Waals surface area contributed by atoms with Crippen molar-refractivity contribution in [1.29, 1.82) is 0 Å². The first-order valence-corrected chi connectivity index (χ1v) is 6.87. The molecular formula is C13H11ClN2S. The summed E-state index contributed by atoms with van der Waals surface area (Å²) in [7, 11) is 0. The smallest absolute Gasteiger partial charge is 0.136 e. The monoisotopic (exact) mass is 262 g/mol. The van der Waals surface area contributed by atoms with E-state index in [9.17, 15) is 0 Å². The Bertz CT molecular complexity index is 584. The molecule has 0 saturated heterocycles. The predicted molar refractivity (Wildman–Crippen MR) is 71.6 cm³/mol. The van der Waals surface area contributed by atoms with Gasteiger partial charge in [-0.2, -0.15) is 0 Å². The van der Waals surface area contributed by atoms with E-state index in [2.05, 4.69) is 28.2 Å². The van der Waals surface area contributed by atoms with Crippen molar-refractivity contribution in [2.24, 2.45) is 0 Å². The molecule has 0 unspecified atom stereocenters. The van der Waals surface area contributed by atoms with Crippen LogP contribution in [0.3, 0.4) is 0 Å². The van der Waals surface area contributed by atoms with Crippen LogP contribution in [0, 0.1) is 6.92 Å². The van der Waals surface area contributed by atoms with E-state index in [1.807, 2.05) is 24.8 Å². The number of halogens is 1. The van der Waals surface area contributed by atoms with Crippen LogP contribution in [0.25, 0.3) is 11.3 Å². The summed E-state index contributed by atoms with van der Waals surface area (Å²) < 4.78 is 0. The molecule has 2 nitrogen and oxygen atoms in total. The number of hydrogen-bond acceptors (Lipinski definition) is 3. The van der Waals surface area contributed by atoms with Gasteiger partial charge in [-0.1, -0.05) is 29.8 Å². The van der Waals surface area contributed by atoms with Crippen molar-refractivity contribution in [2.75, 3.05) is 5.75 Å². The van der Waals surface area contributed by atoms with Crippen LogP contribution in [0.5, 0.6) is 0 Å². The molecule has 3 rings (SSSR count). The second-order valence-corrected chi connectivity index (χ2v) is 5.48. The average molecular weight is 263 g/mol. The SMILES string of the molecule is Cc1nc(Cl)c2c(n1)-c1ccccc1SCC2. The first kappa shape index (κ1) is 11.1. The summed E-state index contributed by atoms with van der Waals surface area (Å²) in [5.74, 6) is 1.76. The number of nitrogens with zero attached hydrogens (tertiary/aromatic N) is 2. The van der Waals surface area contributed by atoms with Crippen molar-refractivity contribution >= 4 is 23.4 Å². The molecule has 1 aliphatic heterocycles. The van der Waals surface area contributed by atoms with Crippen LogP contribution in [0.2, 0.25) is 5.15 Å². The van der Waals surface area contributed by atoms with Gasteiger partial charge in [0.05, 0.1) is 5.69 Å². The van der Waals surface area contributed by atoms with Crippen LogP contribution in [0.1, 0.15) is 11.4 Å². The number of rotatable bonds is 0. The Morgan fingerprint density at radius 2 is 2.06 bits per heavy atom. The molecule has 0 atom stereocenters. The zero-order valence-corrected chi connectivity index (χ0v) is 11.0. The summed E-state index contributed by atoms with van der Waals surface area (Å²) in [5, 5.41) is 0.602. The highest BCUT2D eigenvalue weighted by Gasteiger charge is 2.19. The van der Waals surface area contributed by atoms with E-state index in [0.29, 0.717) is 5.15 Å². The van der Waals surface area contributed by atoms with E-state index in [1.54, 1.807) is 0 Å². The number of fused-ring (bicyclic) bond motifs is 3. The summed E-state index contributed by atoms with van der Waals surface area (Å²) in [6.45, 7) is 1.88. The first-order valence-electron chi connectivity index (χ1n) is 5.51. The minimum absolute atomic E-state index is 0.602. The van der Waals surface area contributed by atoms with Gasteiger partial charge < -0.3 is 0 Å². The Morgan fingerprint density at radius 1 is 1.24 bits per heavy atom. The topological polar surface area (TPSA) is 25.8 Å². The summed E-state index contributed by atoms with van der Waals surface area (Å²) in [6, 6.07) is 8.35. The largest absolute Gasteiger partial charge is 0.233 e. The molecule has 0 saturated carbocycles. The number of aryl methyl sites for hydroxylation is 1. The van der Waals surface area contributed by atoms with Gasteiger partial charge in [-0.3, -0.25) is 0 Å². The zero-order valence-electron chi connectivity index (χ0n) is 9.40. The third-order valence-electron chi connectivity index (χ3n) is 2.82. The van der Waals surface area contributed by atoms with Crippen molar-refractivity contribution in [2.45, 2.75) is 18.2 Å². The van der Waals surface area contributed by atoms with E-state index in [-0.39, 0.29) is 0 Å². The van der Waals surface area contributed by atoms with Crippen LogP contribution in [0.15, 0.2) is 29.2 Å². The van der Waals surface area contributed by atoms with Crippen LogP contribution >= 0.6 is 23.4 Å². The number of aromatic nitrogens is 2. The lowest BCUT2D eigenvalue weighted by molar-refractivity contribution is 1.00. The highest BCUT2D eigenvalue weighted by atomic mass is 35.5. The number of hydrogen-bond donors (Lipinski definition) is 0. The predicted octanol–water partition coefficient (Wildman–Crippen LogP) is 3.75. The van der Waals surface area contributed by atoms with E-state index >= 15 is 0 Å². The first-order chi connectivity index (χ1) is 8.25. The minimum Gasteiger partial charge on any atom is -0.233 e. The van der Waals surface area contributed by atoms with Gasteiger partial charge in [-0.15, -0.1) is 11.8 Å². The van der Waals surface area contributed by atoms with Crippen molar-refractivity contribution in [3.05, 3.63) is 40.8 Å². The maximum atomic E-state index is 6.23. The van der Waals surface area contributed by atoms with Gasteiger partial charge in [0.2, 0.25) is 0 Å². The molecule has 1 aromatic carbocycles. The summed E-state index contributed by atoms with van der Waals surface area (Å²) >= 11 is 8.08. The van der Waals surface area contributed by atoms with Crippen molar-refractivity contribution < 1.29 is 0 Å². The molecule has 0 fully saturated rings. The summed E-state index contributed by atoms with van der Waals surface area (Å²) in [5.41, 5.74) is 3.26. The molecule has 0 aliphatic carbocycles. The van der Waals surface area contributed by atoms with Crippen LogP contribution in [0.4, 0.5) is 0 Å². The van der Waals surface area contributed by atoms with Gasteiger partial charge in [0.25, 0.3) is 0 Å². The standard InChI is InChI=1S/C13H11ClN2S/c1-8-15-12-9-4-2-3-5-11(9)17-7-6-10(12)13(14)16-8/h2-5H,6-7H2,1H3.